The summed E-state index contributed by atoms with van der Waals surface area (Å²) in [6.07, 6.45) is 3.68. The highest BCUT2D eigenvalue weighted by atomic mass is 35.5. The van der Waals surface area contributed by atoms with Gasteiger partial charge >= 0.3 is 0 Å². The highest BCUT2D eigenvalue weighted by Gasteiger charge is 2.17. The molecule has 2 N–H and O–H groups in total. The highest BCUT2D eigenvalue weighted by Crippen LogP contribution is 2.28. The minimum absolute atomic E-state index is 0.0977. The number of benzene rings is 1. The van der Waals surface area contributed by atoms with Gasteiger partial charge in [0.1, 0.15) is 5.69 Å². The van der Waals surface area contributed by atoms with E-state index in [1.807, 2.05) is 0 Å². The highest BCUT2D eigenvalue weighted by molar-refractivity contribution is 6.35. The Balaban J connectivity index is 1.66. The number of amides is 1. The third-order valence-corrected chi connectivity index (χ3v) is 4.28. The number of halogens is 2. The fourth-order valence-electron chi connectivity index (χ4n) is 2.48. The molecule has 0 bridgehead atoms. The van der Waals surface area contributed by atoms with Crippen molar-refractivity contribution in [1.29, 1.82) is 0 Å². The van der Waals surface area contributed by atoms with Crippen molar-refractivity contribution in [3.8, 4) is 0 Å². The molecular formula is C17H17Cl2N3O2. The molecule has 1 aromatic carbocycles. The van der Waals surface area contributed by atoms with Crippen molar-refractivity contribution in [2.45, 2.75) is 18.9 Å². The molecule has 1 fully saturated rings. The maximum atomic E-state index is 12.2. The van der Waals surface area contributed by atoms with Crippen LogP contribution in [0.5, 0.6) is 0 Å². The van der Waals surface area contributed by atoms with Crippen molar-refractivity contribution in [1.82, 2.24) is 10.3 Å². The van der Waals surface area contributed by atoms with Crippen LogP contribution in [0.4, 0.5) is 11.4 Å². The Bertz CT molecular complexity index is 734. The smallest absolute Gasteiger partial charge is 0.270 e. The van der Waals surface area contributed by atoms with Crippen LogP contribution in [0.25, 0.3) is 0 Å². The summed E-state index contributed by atoms with van der Waals surface area (Å²) >= 11 is 12.1. The van der Waals surface area contributed by atoms with Gasteiger partial charge in [-0.25, -0.2) is 0 Å². The summed E-state index contributed by atoms with van der Waals surface area (Å²) in [7, 11) is 0. The first-order chi connectivity index (χ1) is 11.6. The Kier molecular flexibility index (Phi) is 5.56. The molecule has 1 aromatic heterocycles. The van der Waals surface area contributed by atoms with Gasteiger partial charge in [0, 0.05) is 30.1 Å². The van der Waals surface area contributed by atoms with Gasteiger partial charge in [-0.15, -0.1) is 0 Å². The van der Waals surface area contributed by atoms with Gasteiger partial charge < -0.3 is 15.4 Å². The lowest BCUT2D eigenvalue weighted by atomic mass is 10.2. The summed E-state index contributed by atoms with van der Waals surface area (Å²) in [6.45, 7) is 1.26. The molecular weight excluding hydrogens is 349 g/mol. The maximum absolute atomic E-state index is 12.2. The Morgan fingerprint density at radius 3 is 2.96 bits per heavy atom. The lowest BCUT2D eigenvalue weighted by molar-refractivity contribution is 0.0854. The van der Waals surface area contributed by atoms with Gasteiger partial charge in [-0.3, -0.25) is 9.78 Å². The van der Waals surface area contributed by atoms with E-state index >= 15 is 0 Å². The van der Waals surface area contributed by atoms with E-state index < -0.39 is 0 Å². The molecule has 24 heavy (non-hydrogen) atoms. The quantitative estimate of drug-likeness (QED) is 0.838. The van der Waals surface area contributed by atoms with E-state index in [1.165, 1.54) is 0 Å². The van der Waals surface area contributed by atoms with E-state index in [1.54, 1.807) is 36.5 Å². The number of aromatic nitrogens is 1. The predicted octanol–water partition coefficient (Wildman–Crippen LogP) is 4.04. The van der Waals surface area contributed by atoms with E-state index in [4.69, 9.17) is 27.9 Å². The summed E-state index contributed by atoms with van der Waals surface area (Å²) in [6, 6.07) is 8.58. The number of carbonyl (C=O) groups is 1. The van der Waals surface area contributed by atoms with Gasteiger partial charge in [-0.2, -0.15) is 0 Å². The van der Waals surface area contributed by atoms with Crippen LogP contribution in [0.1, 0.15) is 23.3 Å². The molecule has 7 heteroatoms. The molecule has 1 atom stereocenters. The lowest BCUT2D eigenvalue weighted by Gasteiger charge is -2.12. The molecule has 1 aliphatic heterocycles. The van der Waals surface area contributed by atoms with Gasteiger partial charge in [-0.05, 0) is 43.2 Å². The zero-order valence-electron chi connectivity index (χ0n) is 12.9. The van der Waals surface area contributed by atoms with E-state index in [-0.39, 0.29) is 12.0 Å². The van der Waals surface area contributed by atoms with Gasteiger partial charge in [0.2, 0.25) is 0 Å². The van der Waals surface area contributed by atoms with Crippen molar-refractivity contribution in [3.05, 3.63) is 52.3 Å². The number of carbonyl (C=O) groups excluding carboxylic acids is 1. The van der Waals surface area contributed by atoms with Crippen molar-refractivity contribution < 1.29 is 9.53 Å². The van der Waals surface area contributed by atoms with Crippen LogP contribution in [0, 0.1) is 0 Å². The SMILES string of the molecule is O=C(NCC1CCCO1)c1cc(Nc2cc(Cl)ccc2Cl)ccn1. The third-order valence-electron chi connectivity index (χ3n) is 3.71. The predicted molar refractivity (Wildman–Crippen MR) is 95.3 cm³/mol. The van der Waals surface area contributed by atoms with Crippen molar-refractivity contribution in [2.24, 2.45) is 0 Å². The Hall–Kier alpha value is -1.82. The number of nitrogens with zero attached hydrogens (tertiary/aromatic N) is 1. The fourth-order valence-corrected chi connectivity index (χ4v) is 2.82. The molecule has 0 radical (unpaired) electrons. The molecule has 2 aromatic rings. The molecule has 1 aliphatic rings. The normalized spacial score (nSPS) is 16.8. The van der Waals surface area contributed by atoms with E-state index in [0.717, 1.165) is 19.4 Å². The largest absolute Gasteiger partial charge is 0.376 e. The zero-order valence-corrected chi connectivity index (χ0v) is 14.4. The molecule has 0 saturated carbocycles. The number of ether oxygens (including phenoxy) is 1. The van der Waals surface area contributed by atoms with Gasteiger partial charge in [0.05, 0.1) is 16.8 Å². The lowest BCUT2D eigenvalue weighted by Crippen LogP contribution is -2.32. The maximum Gasteiger partial charge on any atom is 0.270 e. The zero-order chi connectivity index (χ0) is 16.9. The van der Waals surface area contributed by atoms with Crippen LogP contribution < -0.4 is 10.6 Å². The van der Waals surface area contributed by atoms with Crippen molar-refractivity contribution in [2.75, 3.05) is 18.5 Å². The topological polar surface area (TPSA) is 63.2 Å². The molecule has 2 heterocycles. The first kappa shape index (κ1) is 17.0. The Labute approximate surface area is 150 Å². The minimum Gasteiger partial charge on any atom is -0.376 e. The number of pyridine rings is 1. The first-order valence-corrected chi connectivity index (χ1v) is 8.45. The number of rotatable bonds is 5. The monoisotopic (exact) mass is 365 g/mol. The Morgan fingerprint density at radius 2 is 2.17 bits per heavy atom. The van der Waals surface area contributed by atoms with Crippen LogP contribution in [0.15, 0.2) is 36.5 Å². The summed E-state index contributed by atoms with van der Waals surface area (Å²) in [4.78, 5) is 16.3. The van der Waals surface area contributed by atoms with Crippen molar-refractivity contribution in [3.63, 3.8) is 0 Å². The number of hydrogen-bond donors (Lipinski definition) is 2. The number of anilines is 2. The van der Waals surface area contributed by atoms with Gasteiger partial charge in [0.15, 0.2) is 0 Å². The van der Waals surface area contributed by atoms with E-state index in [9.17, 15) is 4.79 Å². The summed E-state index contributed by atoms with van der Waals surface area (Å²) in [5.74, 6) is -0.230. The second-order valence-electron chi connectivity index (χ2n) is 5.52. The number of nitrogens with one attached hydrogen (secondary N) is 2. The van der Waals surface area contributed by atoms with Crippen LogP contribution in [0.3, 0.4) is 0 Å². The second kappa shape index (κ2) is 7.83. The molecule has 1 unspecified atom stereocenters. The van der Waals surface area contributed by atoms with Crippen molar-refractivity contribution >= 4 is 40.5 Å². The molecule has 5 nitrogen and oxygen atoms in total. The molecule has 1 saturated heterocycles. The second-order valence-corrected chi connectivity index (χ2v) is 6.37. The number of hydrogen-bond acceptors (Lipinski definition) is 4. The fraction of sp³-hybridized carbons (Fsp3) is 0.294. The van der Waals surface area contributed by atoms with E-state index in [2.05, 4.69) is 15.6 Å². The molecule has 0 aliphatic carbocycles. The minimum atomic E-state index is -0.230. The standard InChI is InChI=1S/C17H17Cl2N3O2/c18-11-3-4-14(19)15(8-11)22-12-5-6-20-16(9-12)17(23)21-10-13-2-1-7-24-13/h3-6,8-9,13H,1-2,7,10H2,(H,20,22)(H,21,23). The molecule has 3 rings (SSSR count). The average molecular weight is 366 g/mol. The summed E-state index contributed by atoms with van der Waals surface area (Å²) in [5.41, 5.74) is 1.70. The summed E-state index contributed by atoms with van der Waals surface area (Å²) in [5, 5.41) is 7.11. The van der Waals surface area contributed by atoms with Crippen LogP contribution >= 0.6 is 23.2 Å². The van der Waals surface area contributed by atoms with Crippen LogP contribution in [0.2, 0.25) is 10.0 Å². The molecule has 0 spiro atoms. The first-order valence-electron chi connectivity index (χ1n) is 7.70. The van der Waals surface area contributed by atoms with Crippen LogP contribution in [-0.4, -0.2) is 30.1 Å². The average Bonchev–Trinajstić information content (AvgIpc) is 3.10. The van der Waals surface area contributed by atoms with Gasteiger partial charge in [0.25, 0.3) is 5.91 Å². The van der Waals surface area contributed by atoms with E-state index in [0.29, 0.717) is 33.7 Å². The van der Waals surface area contributed by atoms with Gasteiger partial charge in [-0.1, -0.05) is 23.2 Å². The summed E-state index contributed by atoms with van der Waals surface area (Å²) < 4.78 is 5.49. The van der Waals surface area contributed by atoms with Crippen LogP contribution in [-0.2, 0) is 4.74 Å². The molecule has 1 amide bonds. The molecule has 126 valence electrons. The Morgan fingerprint density at radius 1 is 1.29 bits per heavy atom. The third kappa shape index (κ3) is 4.38.